The minimum atomic E-state index is 0.184. The molecule has 1 aliphatic heterocycles. The molecule has 2 rings (SSSR count). The van der Waals surface area contributed by atoms with Crippen molar-refractivity contribution >= 4 is 11.6 Å². The van der Waals surface area contributed by atoms with Gasteiger partial charge in [0.15, 0.2) is 0 Å². The Bertz CT molecular complexity index is 310. The van der Waals surface area contributed by atoms with Crippen molar-refractivity contribution in [3.8, 4) is 0 Å². The lowest BCUT2D eigenvalue weighted by Gasteiger charge is -2.25. The molecule has 0 unspecified atom stereocenters. The van der Waals surface area contributed by atoms with Crippen molar-refractivity contribution in [3.63, 3.8) is 0 Å². The van der Waals surface area contributed by atoms with Crippen molar-refractivity contribution in [2.75, 3.05) is 18.6 Å². The van der Waals surface area contributed by atoms with Gasteiger partial charge in [0.25, 0.3) is 0 Å². The molecule has 0 spiro atoms. The normalized spacial score (nSPS) is 16.8. The smallest absolute Gasteiger partial charge is 0.242 e. The monoisotopic (exact) mass is 176 g/mol. The summed E-state index contributed by atoms with van der Waals surface area (Å²) < 4.78 is 0. The van der Waals surface area contributed by atoms with Gasteiger partial charge in [0.1, 0.15) is 0 Å². The van der Waals surface area contributed by atoms with E-state index in [9.17, 15) is 4.79 Å². The number of anilines is 1. The summed E-state index contributed by atoms with van der Waals surface area (Å²) in [6.45, 7) is 0.791. The van der Waals surface area contributed by atoms with Crippen LogP contribution < -0.4 is 5.01 Å². The third-order valence-electron chi connectivity index (χ3n) is 2.31. The highest BCUT2D eigenvalue weighted by Crippen LogP contribution is 2.19. The van der Waals surface area contributed by atoms with Crippen LogP contribution in [0.1, 0.15) is 6.42 Å². The number of rotatable bonds is 1. The van der Waals surface area contributed by atoms with E-state index in [0.717, 1.165) is 12.2 Å². The Morgan fingerprint density at radius 1 is 1.23 bits per heavy atom. The third kappa shape index (κ3) is 1.37. The number of amides is 1. The lowest BCUT2D eigenvalue weighted by Crippen LogP contribution is -2.35. The molecular formula is C10H12N2O. The minimum absolute atomic E-state index is 0.184. The van der Waals surface area contributed by atoms with E-state index in [4.69, 9.17) is 0 Å². The molecule has 1 fully saturated rings. The molecule has 0 aliphatic carbocycles. The van der Waals surface area contributed by atoms with Gasteiger partial charge < -0.3 is 0 Å². The van der Waals surface area contributed by atoms with Crippen LogP contribution in [0.5, 0.6) is 0 Å². The van der Waals surface area contributed by atoms with Crippen LogP contribution in [0.15, 0.2) is 30.3 Å². The highest BCUT2D eigenvalue weighted by atomic mass is 16.2. The fraction of sp³-hybridized carbons (Fsp3) is 0.300. The Morgan fingerprint density at radius 3 is 2.46 bits per heavy atom. The SMILES string of the molecule is CN1C(=O)CCN1c1ccccc1. The van der Waals surface area contributed by atoms with Crippen molar-refractivity contribution in [1.29, 1.82) is 0 Å². The second kappa shape index (κ2) is 3.09. The molecule has 1 saturated heterocycles. The highest BCUT2D eigenvalue weighted by molar-refractivity contribution is 5.81. The van der Waals surface area contributed by atoms with Crippen LogP contribution in [0, 0.1) is 0 Å². The van der Waals surface area contributed by atoms with Crippen molar-refractivity contribution < 1.29 is 4.79 Å². The topological polar surface area (TPSA) is 23.6 Å². The molecule has 1 aliphatic rings. The maximum atomic E-state index is 11.2. The van der Waals surface area contributed by atoms with Crippen LogP contribution in [0.25, 0.3) is 0 Å². The average molecular weight is 176 g/mol. The maximum absolute atomic E-state index is 11.2. The first-order valence-electron chi connectivity index (χ1n) is 4.38. The molecule has 0 aromatic heterocycles. The fourth-order valence-electron chi connectivity index (χ4n) is 1.55. The molecule has 3 heteroatoms. The van der Waals surface area contributed by atoms with E-state index >= 15 is 0 Å². The molecular weight excluding hydrogens is 164 g/mol. The van der Waals surface area contributed by atoms with E-state index in [1.807, 2.05) is 42.4 Å². The zero-order chi connectivity index (χ0) is 9.26. The summed E-state index contributed by atoms with van der Waals surface area (Å²) in [7, 11) is 1.81. The van der Waals surface area contributed by atoms with E-state index in [1.165, 1.54) is 0 Å². The number of hydrazine groups is 1. The van der Waals surface area contributed by atoms with Gasteiger partial charge in [0, 0.05) is 20.0 Å². The number of benzene rings is 1. The fourth-order valence-corrected chi connectivity index (χ4v) is 1.55. The second-order valence-corrected chi connectivity index (χ2v) is 3.13. The summed E-state index contributed by atoms with van der Waals surface area (Å²) in [4.78, 5) is 11.2. The van der Waals surface area contributed by atoms with Gasteiger partial charge in [0.2, 0.25) is 5.91 Å². The van der Waals surface area contributed by atoms with Gasteiger partial charge in [0.05, 0.1) is 5.69 Å². The number of hydrogen-bond donors (Lipinski definition) is 0. The van der Waals surface area contributed by atoms with E-state index in [2.05, 4.69) is 0 Å². The Kier molecular flexibility index (Phi) is 1.93. The average Bonchev–Trinajstić information content (AvgIpc) is 2.49. The van der Waals surface area contributed by atoms with E-state index < -0.39 is 0 Å². The van der Waals surface area contributed by atoms with Crippen molar-refractivity contribution in [2.45, 2.75) is 6.42 Å². The summed E-state index contributed by atoms with van der Waals surface area (Å²) in [6, 6.07) is 9.95. The molecule has 0 N–H and O–H groups in total. The zero-order valence-electron chi connectivity index (χ0n) is 7.60. The molecule has 0 bridgehead atoms. The van der Waals surface area contributed by atoms with Crippen molar-refractivity contribution in [2.24, 2.45) is 0 Å². The summed E-state index contributed by atoms with van der Waals surface area (Å²) in [6.07, 6.45) is 0.616. The predicted molar refractivity (Wildman–Crippen MR) is 51.2 cm³/mol. The Balaban J connectivity index is 2.24. The third-order valence-corrected chi connectivity index (χ3v) is 2.31. The van der Waals surface area contributed by atoms with Gasteiger partial charge in [-0.2, -0.15) is 0 Å². The molecule has 1 heterocycles. The van der Waals surface area contributed by atoms with Crippen molar-refractivity contribution in [3.05, 3.63) is 30.3 Å². The van der Waals surface area contributed by atoms with Gasteiger partial charge >= 0.3 is 0 Å². The van der Waals surface area contributed by atoms with Gasteiger partial charge in [-0.3, -0.25) is 14.8 Å². The number of hydrogen-bond acceptors (Lipinski definition) is 2. The van der Waals surface area contributed by atoms with Gasteiger partial charge in [-0.05, 0) is 12.1 Å². The number of carbonyl (C=O) groups excluding carboxylic acids is 1. The van der Waals surface area contributed by atoms with Crippen molar-refractivity contribution in [1.82, 2.24) is 5.01 Å². The van der Waals surface area contributed by atoms with Gasteiger partial charge in [-0.1, -0.05) is 18.2 Å². The summed E-state index contributed by atoms with van der Waals surface area (Å²) >= 11 is 0. The van der Waals surface area contributed by atoms with E-state index in [-0.39, 0.29) is 5.91 Å². The lowest BCUT2D eigenvalue weighted by atomic mass is 10.3. The lowest BCUT2D eigenvalue weighted by molar-refractivity contribution is -0.126. The molecule has 1 amide bonds. The Labute approximate surface area is 77.5 Å². The second-order valence-electron chi connectivity index (χ2n) is 3.13. The van der Waals surface area contributed by atoms with Crippen LogP contribution in [0.2, 0.25) is 0 Å². The largest absolute Gasteiger partial charge is 0.283 e. The van der Waals surface area contributed by atoms with Crippen LogP contribution in [-0.2, 0) is 4.79 Å². The van der Waals surface area contributed by atoms with Crippen LogP contribution in [-0.4, -0.2) is 24.5 Å². The Morgan fingerprint density at radius 2 is 1.92 bits per heavy atom. The minimum Gasteiger partial charge on any atom is -0.283 e. The quantitative estimate of drug-likeness (QED) is 0.643. The molecule has 0 atom stereocenters. The Hall–Kier alpha value is -1.51. The first-order chi connectivity index (χ1) is 6.29. The van der Waals surface area contributed by atoms with Gasteiger partial charge in [-0.25, -0.2) is 0 Å². The predicted octanol–water partition coefficient (Wildman–Crippen LogP) is 1.27. The summed E-state index contributed by atoms with van der Waals surface area (Å²) in [5.74, 6) is 0.184. The number of carbonyl (C=O) groups is 1. The molecule has 0 saturated carbocycles. The summed E-state index contributed by atoms with van der Waals surface area (Å²) in [5.41, 5.74) is 1.08. The molecule has 68 valence electrons. The molecule has 3 nitrogen and oxygen atoms in total. The number of nitrogens with zero attached hydrogens (tertiary/aromatic N) is 2. The standard InChI is InChI=1S/C10H12N2O/c1-11-10(13)7-8-12(11)9-5-3-2-4-6-9/h2-6H,7-8H2,1H3. The van der Waals surface area contributed by atoms with Crippen LogP contribution in [0.3, 0.4) is 0 Å². The van der Waals surface area contributed by atoms with Crippen LogP contribution >= 0.6 is 0 Å². The summed E-state index contributed by atoms with van der Waals surface area (Å²) in [5, 5.41) is 3.66. The zero-order valence-corrected chi connectivity index (χ0v) is 7.60. The maximum Gasteiger partial charge on any atom is 0.242 e. The van der Waals surface area contributed by atoms with Crippen LogP contribution in [0.4, 0.5) is 5.69 Å². The highest BCUT2D eigenvalue weighted by Gasteiger charge is 2.24. The molecule has 1 aromatic carbocycles. The van der Waals surface area contributed by atoms with E-state index in [0.29, 0.717) is 6.42 Å². The first-order valence-corrected chi connectivity index (χ1v) is 4.38. The molecule has 0 radical (unpaired) electrons. The van der Waals surface area contributed by atoms with E-state index in [1.54, 1.807) is 5.01 Å². The molecule has 13 heavy (non-hydrogen) atoms. The molecule has 1 aromatic rings. The first kappa shape index (κ1) is 8.10. The number of para-hydroxylation sites is 1. The van der Waals surface area contributed by atoms with Gasteiger partial charge in [-0.15, -0.1) is 0 Å².